The number of rotatable bonds is 17. The van der Waals surface area contributed by atoms with Crippen LogP contribution in [0.4, 0.5) is 5.69 Å². The van der Waals surface area contributed by atoms with E-state index in [1.54, 1.807) is 42.3 Å². The molecule has 3 amide bonds. The van der Waals surface area contributed by atoms with Crippen molar-refractivity contribution < 1.29 is 36.3 Å². The molecule has 2 aromatic rings. The van der Waals surface area contributed by atoms with Gasteiger partial charge in [0.15, 0.2) is 11.4 Å². The Kier molecular flexibility index (Phi) is 12.5. The summed E-state index contributed by atoms with van der Waals surface area (Å²) in [5, 5.41) is 23.4. The second-order valence-electron chi connectivity index (χ2n) is 19.3. The van der Waals surface area contributed by atoms with E-state index in [4.69, 9.17) is 0 Å². The number of carbonyl (C=O) groups excluding carboxylic acids is 3. The van der Waals surface area contributed by atoms with Crippen molar-refractivity contribution in [2.45, 2.75) is 121 Å². The maximum absolute atomic E-state index is 14.9. The molecule has 3 saturated carbocycles. The number of nitrogens with one attached hydrogen (secondary N) is 5. The number of fused-ring (bicyclic) bond motifs is 1. The van der Waals surface area contributed by atoms with Crippen molar-refractivity contribution in [2.24, 2.45) is 33.5 Å². The molecule has 16 nitrogen and oxygen atoms in total. The number of nitrogens with zero attached hydrogens (tertiary/aromatic N) is 3. The summed E-state index contributed by atoms with van der Waals surface area (Å²) in [6.07, 6.45) is 4.93. The van der Waals surface area contributed by atoms with E-state index in [-0.39, 0.29) is 45.0 Å². The molecule has 3 aliphatic carbocycles. The molecule has 1 saturated heterocycles. The zero-order valence-electron chi connectivity index (χ0n) is 36.8. The van der Waals surface area contributed by atoms with Gasteiger partial charge in [-0.05, 0) is 72.1 Å². The highest BCUT2D eigenvalue weighted by molar-refractivity contribution is 7.90. The van der Waals surface area contributed by atoms with Crippen LogP contribution in [0.5, 0.6) is 0 Å². The number of sulfonamides is 2. The summed E-state index contributed by atoms with van der Waals surface area (Å²) in [7, 11) is -5.29. The first-order valence-electron chi connectivity index (χ1n) is 21.0. The number of benzene rings is 1. The van der Waals surface area contributed by atoms with Gasteiger partial charge in [-0.1, -0.05) is 79.2 Å². The van der Waals surface area contributed by atoms with Gasteiger partial charge in [-0.25, -0.2) is 26.5 Å². The standard InChI is InChI=1S/C43H64N8O8S2/c1-11-28-23-43(28,37(54)49-60(56,57)31-18-13-12-17-29(31)44-9)48-35(52)30-24-42(40(7,8)41(42)20-16-21-41)26-51(30)36(53)34(27(2)3)47-38(55)46-32(39(4,5)6)25-50(10)61(58,59)33-19-14-15-22-45-33/h11-15,17-19,22,27-28,30,32,34,38,44,46-47,55H,1,16,20-21,23-26H2,2-10H3,(H,48,52)(H,49,54)/t28-,30+,32-,34+,38?,42-,43-/m1/s1. The van der Waals surface area contributed by atoms with Crippen molar-refractivity contribution in [1.82, 2.24) is 34.9 Å². The zero-order chi connectivity index (χ0) is 45.1. The number of aromatic nitrogens is 1. The molecule has 18 heteroatoms. The summed E-state index contributed by atoms with van der Waals surface area (Å²) < 4.78 is 57.2. The molecule has 2 heterocycles. The monoisotopic (exact) mass is 884 g/mol. The molecule has 61 heavy (non-hydrogen) atoms. The second-order valence-corrected chi connectivity index (χ2v) is 23.0. The first-order chi connectivity index (χ1) is 28.4. The molecular weight excluding hydrogens is 821 g/mol. The average molecular weight is 885 g/mol. The predicted octanol–water partition coefficient (Wildman–Crippen LogP) is 3.00. The van der Waals surface area contributed by atoms with Gasteiger partial charge >= 0.3 is 0 Å². The number of aliphatic hydroxyl groups is 1. The van der Waals surface area contributed by atoms with E-state index < -0.39 is 79.1 Å². The Balaban J connectivity index is 1.23. The second kappa shape index (κ2) is 16.3. The largest absolute Gasteiger partial charge is 0.387 e. The van der Waals surface area contributed by atoms with E-state index >= 15 is 0 Å². The number of hydrogen-bond acceptors (Lipinski definition) is 12. The first-order valence-corrected chi connectivity index (χ1v) is 23.9. The highest BCUT2D eigenvalue weighted by Crippen LogP contribution is 2.88. The molecule has 4 aliphatic rings. The smallest absolute Gasteiger partial charge is 0.266 e. The third-order valence-corrected chi connectivity index (χ3v) is 17.7. The number of anilines is 1. The number of hydrogen-bond donors (Lipinski definition) is 6. The number of pyridine rings is 1. The van der Waals surface area contributed by atoms with Crippen LogP contribution in [0.3, 0.4) is 0 Å². The van der Waals surface area contributed by atoms with Crippen molar-refractivity contribution in [1.29, 1.82) is 0 Å². The molecule has 0 bridgehead atoms. The number of amides is 3. The van der Waals surface area contributed by atoms with Gasteiger partial charge in [0.1, 0.15) is 16.5 Å². The number of aliphatic hydroxyl groups excluding tert-OH is 1. The normalized spacial score (nSPS) is 26.7. The molecule has 1 aromatic heterocycles. The Morgan fingerprint density at radius 3 is 2.20 bits per heavy atom. The van der Waals surface area contributed by atoms with Gasteiger partial charge in [0.25, 0.3) is 26.0 Å². The van der Waals surface area contributed by atoms with Crippen LogP contribution >= 0.6 is 0 Å². The third kappa shape index (κ3) is 8.01. The molecule has 336 valence electrons. The van der Waals surface area contributed by atoms with Gasteiger partial charge < -0.3 is 20.6 Å². The number of carbonyl (C=O) groups is 3. The Hall–Kier alpha value is -3.94. The Bertz CT molecular complexity index is 2250. The lowest BCUT2D eigenvalue weighted by molar-refractivity contribution is -0.143. The van der Waals surface area contributed by atoms with Crippen LogP contribution in [-0.4, -0.2) is 111 Å². The van der Waals surface area contributed by atoms with E-state index in [2.05, 4.69) is 51.4 Å². The number of likely N-dealkylation sites (N-methyl/N-ethyl adjacent to an activating group) is 1. The maximum atomic E-state index is 14.9. The topological polar surface area (TPSA) is 219 Å². The van der Waals surface area contributed by atoms with Crippen LogP contribution in [0.2, 0.25) is 0 Å². The average Bonchev–Trinajstić information content (AvgIpc) is 3.91. The first kappa shape index (κ1) is 46.6. The molecule has 1 aromatic carbocycles. The van der Waals surface area contributed by atoms with Crippen molar-refractivity contribution in [3.05, 3.63) is 61.3 Å². The van der Waals surface area contributed by atoms with E-state index in [1.165, 1.54) is 35.8 Å². The maximum Gasteiger partial charge on any atom is 0.266 e. The van der Waals surface area contributed by atoms with Crippen LogP contribution in [0, 0.1) is 33.5 Å². The van der Waals surface area contributed by atoms with Crippen molar-refractivity contribution in [3.8, 4) is 0 Å². The van der Waals surface area contributed by atoms with Crippen LogP contribution in [0.25, 0.3) is 0 Å². The quantitative estimate of drug-likeness (QED) is 0.0999. The van der Waals surface area contributed by atoms with E-state index in [0.29, 0.717) is 18.7 Å². The van der Waals surface area contributed by atoms with Gasteiger partial charge in [0.05, 0.1) is 11.7 Å². The third-order valence-electron chi connectivity index (χ3n) is 14.5. The number of para-hydroxylation sites is 1. The highest BCUT2D eigenvalue weighted by atomic mass is 32.2. The summed E-state index contributed by atoms with van der Waals surface area (Å²) in [6, 6.07) is 8.21. The molecule has 2 spiro atoms. The Morgan fingerprint density at radius 2 is 1.67 bits per heavy atom. The molecule has 4 fully saturated rings. The Morgan fingerprint density at radius 1 is 1.02 bits per heavy atom. The molecule has 7 atom stereocenters. The van der Waals surface area contributed by atoms with Gasteiger partial charge in [0.2, 0.25) is 11.8 Å². The molecule has 0 radical (unpaired) electrons. The molecule has 6 N–H and O–H groups in total. The van der Waals surface area contributed by atoms with Gasteiger partial charge in [0, 0.05) is 50.8 Å². The molecule has 1 aliphatic heterocycles. The minimum Gasteiger partial charge on any atom is -0.387 e. The lowest BCUT2D eigenvalue weighted by Crippen LogP contribution is -2.62. The fourth-order valence-electron chi connectivity index (χ4n) is 10.3. The lowest BCUT2D eigenvalue weighted by Gasteiger charge is -2.38. The van der Waals surface area contributed by atoms with Crippen LogP contribution in [0.1, 0.15) is 80.6 Å². The lowest BCUT2D eigenvalue weighted by atomic mass is 9.73. The van der Waals surface area contributed by atoms with Crippen LogP contribution < -0.4 is 26.0 Å². The SMILES string of the molecule is C=C[C@@H]1C[C@]1(NC(=O)[C@@H]1C[C@@]2(CN1C(=O)[C@@H](NC(O)N[C@H](CN(C)S(=O)(=O)c1ccccn1)C(C)(C)C)C(C)C)C(C)(C)C21CCC1)C(=O)NS(=O)(=O)c1ccccc1NC. The summed E-state index contributed by atoms with van der Waals surface area (Å²) >= 11 is 0. The fraction of sp³-hybridized carbons (Fsp3) is 0.628. The van der Waals surface area contributed by atoms with E-state index in [9.17, 15) is 36.3 Å². The summed E-state index contributed by atoms with van der Waals surface area (Å²) in [5.74, 6) is -2.80. The van der Waals surface area contributed by atoms with Crippen LogP contribution in [-0.2, 0) is 34.4 Å². The summed E-state index contributed by atoms with van der Waals surface area (Å²) in [4.78, 5) is 49.1. The van der Waals surface area contributed by atoms with Crippen molar-refractivity contribution >= 4 is 43.5 Å². The van der Waals surface area contributed by atoms with E-state index in [1.807, 2.05) is 34.6 Å². The molecule has 6 rings (SSSR count). The van der Waals surface area contributed by atoms with Gasteiger partial charge in [-0.15, -0.1) is 6.58 Å². The fourth-order valence-corrected chi connectivity index (χ4v) is 12.7. The minimum absolute atomic E-state index is 0.0279. The summed E-state index contributed by atoms with van der Waals surface area (Å²) in [5.41, 5.74) is -2.47. The van der Waals surface area contributed by atoms with Crippen LogP contribution in [0.15, 0.2) is 71.2 Å². The zero-order valence-corrected chi connectivity index (χ0v) is 38.4. The predicted molar refractivity (Wildman–Crippen MR) is 231 cm³/mol. The van der Waals surface area contributed by atoms with Crippen molar-refractivity contribution in [2.75, 3.05) is 32.5 Å². The number of likely N-dealkylation sites (tertiary alicyclic amines) is 1. The molecular formula is C43H64N8O8S2. The molecule has 1 unspecified atom stereocenters. The van der Waals surface area contributed by atoms with E-state index in [0.717, 1.165) is 19.3 Å². The minimum atomic E-state index is -4.35. The van der Waals surface area contributed by atoms with Gasteiger partial charge in [-0.2, -0.15) is 4.31 Å². The Labute approximate surface area is 361 Å². The van der Waals surface area contributed by atoms with Gasteiger partial charge in [-0.3, -0.25) is 25.0 Å². The highest BCUT2D eigenvalue weighted by Gasteiger charge is 2.85. The summed E-state index contributed by atoms with van der Waals surface area (Å²) in [6.45, 7) is 17.9. The van der Waals surface area contributed by atoms with Crippen molar-refractivity contribution in [3.63, 3.8) is 0 Å².